The molecule has 2 aliphatic rings. The summed E-state index contributed by atoms with van der Waals surface area (Å²) in [5, 5.41) is 7.11. The number of urea groups is 1. The maximum Gasteiger partial charge on any atom is 0.318 e. The molecule has 2 unspecified atom stereocenters. The molecule has 0 saturated carbocycles. The molecular formula is C20H25BrN4O2. The van der Waals surface area contributed by atoms with Crippen LogP contribution in [0.4, 0.5) is 10.5 Å². The van der Waals surface area contributed by atoms with Crippen LogP contribution in [0.2, 0.25) is 0 Å². The first-order chi connectivity index (χ1) is 13.1. The van der Waals surface area contributed by atoms with E-state index in [0.29, 0.717) is 12.5 Å². The number of hydrogen-bond donors (Lipinski definition) is 1. The summed E-state index contributed by atoms with van der Waals surface area (Å²) in [5.41, 5.74) is 2.09. The molecule has 2 fully saturated rings. The number of anilines is 1. The van der Waals surface area contributed by atoms with Crippen molar-refractivity contribution in [2.24, 2.45) is 5.92 Å². The SMILES string of the molecule is Cc1cc(C2CCCN2C(=O)NCC2CCN(c3cccc(Br)c3)C2)on1. The first-order valence-corrected chi connectivity index (χ1v) is 10.4. The number of amides is 2. The Kier molecular flexibility index (Phi) is 5.38. The van der Waals surface area contributed by atoms with Crippen molar-refractivity contribution >= 4 is 27.6 Å². The van der Waals surface area contributed by atoms with E-state index >= 15 is 0 Å². The standard InChI is InChI=1S/C20H25BrN4O2/c1-14-10-19(27-23-14)18-6-3-8-25(18)20(26)22-12-15-7-9-24(13-15)17-5-2-4-16(21)11-17/h2,4-5,10-11,15,18H,3,6-9,12-13H2,1H3,(H,22,26). The quantitative estimate of drug-likeness (QED) is 0.788. The highest BCUT2D eigenvalue weighted by atomic mass is 79.9. The van der Waals surface area contributed by atoms with Gasteiger partial charge in [-0.1, -0.05) is 27.2 Å². The van der Waals surface area contributed by atoms with Crippen molar-refractivity contribution in [2.45, 2.75) is 32.2 Å². The Hall–Kier alpha value is -2.02. The maximum absolute atomic E-state index is 12.7. The van der Waals surface area contributed by atoms with Crippen molar-refractivity contribution in [3.05, 3.63) is 46.3 Å². The molecule has 2 aliphatic heterocycles. The molecular weight excluding hydrogens is 408 g/mol. The van der Waals surface area contributed by atoms with Crippen molar-refractivity contribution in [3.63, 3.8) is 0 Å². The van der Waals surface area contributed by atoms with E-state index in [1.807, 2.05) is 24.0 Å². The van der Waals surface area contributed by atoms with Gasteiger partial charge >= 0.3 is 6.03 Å². The first kappa shape index (κ1) is 18.3. The lowest BCUT2D eigenvalue weighted by Crippen LogP contribution is -2.41. The van der Waals surface area contributed by atoms with E-state index in [4.69, 9.17) is 4.52 Å². The van der Waals surface area contributed by atoms with Crippen LogP contribution in [0.3, 0.4) is 0 Å². The lowest BCUT2D eigenvalue weighted by Gasteiger charge is -2.24. The van der Waals surface area contributed by atoms with Gasteiger partial charge in [0.15, 0.2) is 5.76 Å². The number of likely N-dealkylation sites (tertiary alicyclic amines) is 1. The molecule has 2 amide bonds. The molecule has 4 rings (SSSR count). The van der Waals surface area contributed by atoms with Crippen molar-refractivity contribution in [1.82, 2.24) is 15.4 Å². The smallest absolute Gasteiger partial charge is 0.318 e. The summed E-state index contributed by atoms with van der Waals surface area (Å²) >= 11 is 3.54. The third-order valence-electron chi connectivity index (χ3n) is 5.49. The van der Waals surface area contributed by atoms with E-state index in [1.165, 1.54) is 5.69 Å². The van der Waals surface area contributed by atoms with Crippen LogP contribution in [0, 0.1) is 12.8 Å². The van der Waals surface area contributed by atoms with E-state index in [9.17, 15) is 4.79 Å². The number of aryl methyl sites for hydroxylation is 1. The topological polar surface area (TPSA) is 61.6 Å². The van der Waals surface area contributed by atoms with Crippen LogP contribution in [0.1, 0.15) is 36.8 Å². The summed E-state index contributed by atoms with van der Waals surface area (Å²) in [6.07, 6.45) is 3.03. The van der Waals surface area contributed by atoms with Crippen molar-refractivity contribution < 1.29 is 9.32 Å². The number of carbonyl (C=O) groups excluding carboxylic acids is 1. The second-order valence-electron chi connectivity index (χ2n) is 7.49. The van der Waals surface area contributed by atoms with Gasteiger partial charge in [-0.2, -0.15) is 0 Å². The van der Waals surface area contributed by atoms with Gasteiger partial charge in [-0.25, -0.2) is 4.79 Å². The van der Waals surface area contributed by atoms with Gasteiger partial charge < -0.3 is 19.6 Å². The Morgan fingerprint density at radius 3 is 3.00 bits per heavy atom. The maximum atomic E-state index is 12.7. The highest BCUT2D eigenvalue weighted by Crippen LogP contribution is 2.32. The predicted molar refractivity (Wildman–Crippen MR) is 108 cm³/mol. The van der Waals surface area contributed by atoms with E-state index in [0.717, 1.165) is 54.8 Å². The summed E-state index contributed by atoms with van der Waals surface area (Å²) in [6, 6.07) is 10.3. The minimum atomic E-state index is 0.00691. The summed E-state index contributed by atoms with van der Waals surface area (Å²) in [7, 11) is 0. The summed E-state index contributed by atoms with van der Waals surface area (Å²) < 4.78 is 6.49. The molecule has 6 nitrogen and oxygen atoms in total. The summed E-state index contributed by atoms with van der Waals surface area (Å²) in [4.78, 5) is 17.0. The molecule has 2 saturated heterocycles. The fourth-order valence-corrected chi connectivity index (χ4v) is 4.47. The van der Waals surface area contributed by atoms with Gasteiger partial charge in [0.2, 0.25) is 0 Å². The number of nitrogens with one attached hydrogen (secondary N) is 1. The van der Waals surface area contributed by atoms with Crippen LogP contribution in [0.15, 0.2) is 39.3 Å². The summed E-state index contributed by atoms with van der Waals surface area (Å²) in [5.74, 6) is 1.27. The van der Waals surface area contributed by atoms with Crippen LogP contribution < -0.4 is 10.2 Å². The Morgan fingerprint density at radius 1 is 1.33 bits per heavy atom. The highest BCUT2D eigenvalue weighted by Gasteiger charge is 2.33. The average Bonchev–Trinajstić information content (AvgIpc) is 3.39. The molecule has 1 N–H and O–H groups in total. The third-order valence-corrected chi connectivity index (χ3v) is 5.98. The van der Waals surface area contributed by atoms with Crippen molar-refractivity contribution in [1.29, 1.82) is 0 Å². The summed E-state index contributed by atoms with van der Waals surface area (Å²) in [6.45, 7) is 5.39. The number of aromatic nitrogens is 1. The fourth-order valence-electron chi connectivity index (χ4n) is 4.09. The molecule has 27 heavy (non-hydrogen) atoms. The molecule has 0 radical (unpaired) electrons. The molecule has 1 aromatic heterocycles. The molecule has 144 valence electrons. The molecule has 7 heteroatoms. The van der Waals surface area contributed by atoms with Gasteiger partial charge in [0, 0.05) is 42.4 Å². The van der Waals surface area contributed by atoms with E-state index in [1.54, 1.807) is 0 Å². The molecule has 1 aromatic carbocycles. The largest absolute Gasteiger partial charge is 0.371 e. The van der Waals surface area contributed by atoms with Crippen LogP contribution in [0.25, 0.3) is 0 Å². The Bertz CT molecular complexity index is 809. The average molecular weight is 433 g/mol. The number of carbonyl (C=O) groups is 1. The van der Waals surface area contributed by atoms with Gasteiger partial charge in [-0.15, -0.1) is 0 Å². The fraction of sp³-hybridized carbons (Fsp3) is 0.500. The molecule has 0 bridgehead atoms. The monoisotopic (exact) mass is 432 g/mol. The van der Waals surface area contributed by atoms with E-state index < -0.39 is 0 Å². The molecule has 3 heterocycles. The number of nitrogens with zero attached hydrogens (tertiary/aromatic N) is 3. The lowest BCUT2D eigenvalue weighted by atomic mass is 10.1. The van der Waals surface area contributed by atoms with Crippen LogP contribution in [0.5, 0.6) is 0 Å². The van der Waals surface area contributed by atoms with Gasteiger partial charge in [0.1, 0.15) is 0 Å². The third kappa shape index (κ3) is 4.13. The Morgan fingerprint density at radius 2 is 2.22 bits per heavy atom. The van der Waals surface area contributed by atoms with Crippen LogP contribution >= 0.6 is 15.9 Å². The zero-order valence-corrected chi connectivity index (χ0v) is 17.1. The number of hydrogen-bond acceptors (Lipinski definition) is 4. The first-order valence-electron chi connectivity index (χ1n) is 9.58. The second kappa shape index (κ2) is 7.92. The normalized spacial score (nSPS) is 22.4. The Balaban J connectivity index is 1.30. The highest BCUT2D eigenvalue weighted by molar-refractivity contribution is 9.10. The van der Waals surface area contributed by atoms with Gasteiger partial charge in [-0.05, 0) is 50.3 Å². The molecule has 2 atom stereocenters. The van der Waals surface area contributed by atoms with E-state index in [2.05, 4.69) is 49.5 Å². The minimum Gasteiger partial charge on any atom is -0.371 e. The van der Waals surface area contributed by atoms with Crippen molar-refractivity contribution in [3.8, 4) is 0 Å². The van der Waals surface area contributed by atoms with Crippen LogP contribution in [-0.2, 0) is 0 Å². The number of benzene rings is 1. The zero-order valence-electron chi connectivity index (χ0n) is 15.5. The van der Waals surface area contributed by atoms with Gasteiger partial charge in [0.25, 0.3) is 0 Å². The molecule has 0 spiro atoms. The van der Waals surface area contributed by atoms with Crippen molar-refractivity contribution in [2.75, 3.05) is 31.1 Å². The molecule has 0 aliphatic carbocycles. The van der Waals surface area contributed by atoms with Gasteiger partial charge in [-0.3, -0.25) is 0 Å². The second-order valence-corrected chi connectivity index (χ2v) is 8.40. The van der Waals surface area contributed by atoms with Crippen LogP contribution in [-0.4, -0.2) is 42.3 Å². The number of halogens is 1. The molecule has 2 aromatic rings. The number of rotatable bonds is 4. The lowest BCUT2D eigenvalue weighted by molar-refractivity contribution is 0.181. The van der Waals surface area contributed by atoms with Gasteiger partial charge in [0.05, 0.1) is 11.7 Å². The minimum absolute atomic E-state index is 0.00691. The zero-order chi connectivity index (χ0) is 18.8. The van der Waals surface area contributed by atoms with E-state index in [-0.39, 0.29) is 12.1 Å². The predicted octanol–water partition coefficient (Wildman–Crippen LogP) is 4.12. The Labute approximate surface area is 168 Å².